The fourth-order valence-corrected chi connectivity index (χ4v) is 3.48. The van der Waals surface area contributed by atoms with Crippen LogP contribution in [0.15, 0.2) is 16.0 Å². The van der Waals surface area contributed by atoms with Crippen molar-refractivity contribution in [2.45, 2.75) is 89.1 Å². The van der Waals surface area contributed by atoms with E-state index < -0.39 is 0 Å². The molecule has 1 heterocycles. The van der Waals surface area contributed by atoms with Crippen LogP contribution in [0.2, 0.25) is 0 Å². The maximum atomic E-state index is 11.2. The second-order valence-electron chi connectivity index (χ2n) is 6.15. The van der Waals surface area contributed by atoms with Gasteiger partial charge in [-0.25, -0.2) is 0 Å². The van der Waals surface area contributed by atoms with Crippen LogP contribution in [0.1, 0.15) is 84.0 Å². The highest BCUT2D eigenvalue weighted by molar-refractivity contribution is 7.99. The molecule has 1 aromatic heterocycles. The maximum Gasteiger partial charge on any atom is 0.255 e. The molecule has 5 heteroatoms. The van der Waals surface area contributed by atoms with E-state index in [4.69, 9.17) is 0 Å². The summed E-state index contributed by atoms with van der Waals surface area (Å²) >= 11 is 1.50. The monoisotopic (exact) mass is 340 g/mol. The smallest absolute Gasteiger partial charge is 0.255 e. The van der Waals surface area contributed by atoms with Gasteiger partial charge in [0, 0.05) is 5.75 Å². The van der Waals surface area contributed by atoms with Crippen LogP contribution >= 0.6 is 11.8 Å². The van der Waals surface area contributed by atoms with Gasteiger partial charge >= 0.3 is 0 Å². The molecule has 0 saturated carbocycles. The number of hydrogen-bond donors (Lipinski definition) is 2. The largest absolute Gasteiger partial charge is 0.493 e. The van der Waals surface area contributed by atoms with E-state index in [2.05, 4.69) is 16.9 Å². The van der Waals surface area contributed by atoms with Crippen LogP contribution in [0.4, 0.5) is 0 Å². The fourth-order valence-electron chi connectivity index (χ4n) is 2.60. The molecule has 0 aliphatic carbocycles. The molecule has 0 atom stereocenters. The van der Waals surface area contributed by atoms with E-state index in [1.807, 2.05) is 0 Å². The van der Waals surface area contributed by atoms with Crippen molar-refractivity contribution in [1.29, 1.82) is 0 Å². The van der Waals surface area contributed by atoms with Crippen molar-refractivity contribution in [3.8, 4) is 5.88 Å². The first-order valence-electron chi connectivity index (χ1n) is 9.15. The Morgan fingerprint density at radius 1 is 0.957 bits per heavy atom. The van der Waals surface area contributed by atoms with Crippen LogP contribution < -0.4 is 5.56 Å². The third-order valence-corrected chi connectivity index (χ3v) is 4.90. The third-order valence-electron chi connectivity index (χ3n) is 3.94. The van der Waals surface area contributed by atoms with Crippen LogP contribution in [0.3, 0.4) is 0 Å². The SMILES string of the molecule is CCCCCCCCCCCCCCSc1nc(O)cc(=O)[nH]1. The molecule has 0 aromatic carbocycles. The van der Waals surface area contributed by atoms with E-state index in [1.165, 1.54) is 82.4 Å². The second kappa shape index (κ2) is 13.5. The minimum Gasteiger partial charge on any atom is -0.493 e. The molecule has 1 rings (SSSR count). The number of unbranched alkanes of at least 4 members (excludes halogenated alkanes) is 11. The van der Waals surface area contributed by atoms with Gasteiger partial charge in [-0.05, 0) is 6.42 Å². The highest BCUT2D eigenvalue weighted by atomic mass is 32.2. The van der Waals surface area contributed by atoms with E-state index in [9.17, 15) is 9.90 Å². The molecule has 0 spiro atoms. The number of H-pyrrole nitrogens is 1. The van der Waals surface area contributed by atoms with Crippen molar-refractivity contribution in [2.75, 3.05) is 5.75 Å². The summed E-state index contributed by atoms with van der Waals surface area (Å²) < 4.78 is 0. The molecule has 0 aliphatic heterocycles. The van der Waals surface area contributed by atoms with Gasteiger partial charge in [-0.1, -0.05) is 89.3 Å². The summed E-state index contributed by atoms with van der Waals surface area (Å²) in [6.07, 6.45) is 16.1. The zero-order chi connectivity index (χ0) is 16.8. The molecule has 0 bridgehead atoms. The van der Waals surface area contributed by atoms with Crippen LogP contribution in [0.5, 0.6) is 5.88 Å². The van der Waals surface area contributed by atoms with E-state index in [-0.39, 0.29) is 11.4 Å². The molecule has 0 fully saturated rings. The van der Waals surface area contributed by atoms with Crippen molar-refractivity contribution in [3.63, 3.8) is 0 Å². The average Bonchev–Trinajstić information content (AvgIpc) is 2.51. The Labute approximate surface area is 144 Å². The molecule has 0 amide bonds. The molecule has 0 radical (unpaired) electrons. The van der Waals surface area contributed by atoms with Crippen LogP contribution in [0, 0.1) is 0 Å². The average molecular weight is 341 g/mol. The van der Waals surface area contributed by atoms with Gasteiger partial charge in [-0.15, -0.1) is 0 Å². The highest BCUT2D eigenvalue weighted by Crippen LogP contribution is 2.17. The molecule has 1 aromatic rings. The molecular weight excluding hydrogens is 308 g/mol. The Morgan fingerprint density at radius 3 is 2.00 bits per heavy atom. The highest BCUT2D eigenvalue weighted by Gasteiger charge is 2.00. The second-order valence-corrected chi connectivity index (χ2v) is 7.23. The molecular formula is C18H32N2O2S. The minimum atomic E-state index is -0.297. The van der Waals surface area contributed by atoms with Crippen molar-refractivity contribution in [1.82, 2.24) is 9.97 Å². The molecule has 132 valence electrons. The van der Waals surface area contributed by atoms with Gasteiger partial charge in [0.1, 0.15) is 0 Å². The summed E-state index contributed by atoms with van der Waals surface area (Å²) in [6, 6.07) is 1.09. The number of nitrogens with one attached hydrogen (secondary N) is 1. The first kappa shape index (κ1) is 20.1. The normalized spacial score (nSPS) is 11.0. The first-order valence-corrected chi connectivity index (χ1v) is 10.1. The zero-order valence-electron chi connectivity index (χ0n) is 14.5. The van der Waals surface area contributed by atoms with E-state index in [1.54, 1.807) is 0 Å². The Morgan fingerprint density at radius 2 is 1.48 bits per heavy atom. The number of hydrogen-bond acceptors (Lipinski definition) is 4. The minimum absolute atomic E-state index is 0.203. The van der Waals surface area contributed by atoms with Gasteiger partial charge < -0.3 is 10.1 Å². The number of rotatable bonds is 14. The predicted molar refractivity (Wildman–Crippen MR) is 98.3 cm³/mol. The topological polar surface area (TPSA) is 66.0 Å². The summed E-state index contributed by atoms with van der Waals surface area (Å²) in [5.74, 6) is 0.732. The number of aromatic hydroxyl groups is 1. The van der Waals surface area contributed by atoms with Gasteiger partial charge in [-0.2, -0.15) is 4.98 Å². The standard InChI is InChI=1S/C18H32N2O2S/c1-2-3-4-5-6-7-8-9-10-11-12-13-14-23-18-19-16(21)15-17(22)20-18/h15H,2-14H2,1H3,(H2,19,20,21,22). The Hall–Kier alpha value is -0.970. The van der Waals surface area contributed by atoms with Crippen molar-refractivity contribution in [2.24, 2.45) is 0 Å². The maximum absolute atomic E-state index is 11.2. The summed E-state index contributed by atoms with van der Waals surface area (Å²) in [6.45, 7) is 2.26. The van der Waals surface area contributed by atoms with Crippen molar-refractivity contribution in [3.05, 3.63) is 16.4 Å². The van der Waals surface area contributed by atoms with Crippen LogP contribution in [0.25, 0.3) is 0 Å². The van der Waals surface area contributed by atoms with E-state index in [0.29, 0.717) is 5.16 Å². The molecule has 0 saturated heterocycles. The van der Waals surface area contributed by atoms with Gasteiger partial charge in [0.15, 0.2) is 5.16 Å². The number of aromatic amines is 1. The van der Waals surface area contributed by atoms with Crippen molar-refractivity contribution >= 4 is 11.8 Å². The van der Waals surface area contributed by atoms with E-state index >= 15 is 0 Å². The predicted octanol–water partition coefficient (Wildman–Crippen LogP) is 5.27. The van der Waals surface area contributed by atoms with Gasteiger partial charge in [-0.3, -0.25) is 4.79 Å². The lowest BCUT2D eigenvalue weighted by molar-refractivity contribution is 0.444. The van der Waals surface area contributed by atoms with E-state index in [0.717, 1.165) is 18.2 Å². The number of aromatic nitrogens is 2. The van der Waals surface area contributed by atoms with Gasteiger partial charge in [0.2, 0.25) is 5.88 Å². The van der Waals surface area contributed by atoms with Crippen LogP contribution in [-0.2, 0) is 0 Å². The fraction of sp³-hybridized carbons (Fsp3) is 0.778. The van der Waals surface area contributed by atoms with Gasteiger partial charge in [0.25, 0.3) is 5.56 Å². The van der Waals surface area contributed by atoms with Gasteiger partial charge in [0.05, 0.1) is 6.07 Å². The Kier molecular flexibility index (Phi) is 11.8. The molecule has 4 nitrogen and oxygen atoms in total. The summed E-state index contributed by atoms with van der Waals surface area (Å²) in [4.78, 5) is 17.7. The van der Waals surface area contributed by atoms with Crippen LogP contribution in [-0.4, -0.2) is 20.8 Å². The molecule has 0 aliphatic rings. The summed E-state index contributed by atoms with van der Waals surface area (Å²) in [5.41, 5.74) is -0.297. The summed E-state index contributed by atoms with van der Waals surface area (Å²) in [5, 5.41) is 9.77. The lowest BCUT2D eigenvalue weighted by Crippen LogP contribution is -2.06. The molecule has 23 heavy (non-hydrogen) atoms. The first-order chi connectivity index (χ1) is 11.2. The Balaban J connectivity index is 1.87. The lowest BCUT2D eigenvalue weighted by Gasteiger charge is -2.03. The summed E-state index contributed by atoms with van der Waals surface area (Å²) in [7, 11) is 0. The zero-order valence-corrected chi connectivity index (χ0v) is 15.3. The lowest BCUT2D eigenvalue weighted by atomic mass is 10.1. The third kappa shape index (κ3) is 11.2. The van der Waals surface area contributed by atoms with Crippen molar-refractivity contribution < 1.29 is 5.11 Å². The quantitative estimate of drug-likeness (QED) is 0.275. The molecule has 0 unspecified atom stereocenters. The number of nitrogens with zero attached hydrogens (tertiary/aromatic N) is 1. The molecule has 2 N–H and O–H groups in total. The Bertz CT molecular complexity index is 463. The number of thioether (sulfide) groups is 1.